The number of carbonyl (C=O) groups is 2. The first-order valence-corrected chi connectivity index (χ1v) is 10.6. The fourth-order valence-electron chi connectivity index (χ4n) is 3.86. The number of esters is 1. The molecule has 3 rings (SSSR count). The summed E-state index contributed by atoms with van der Waals surface area (Å²) in [7, 11) is 1.53. The van der Waals surface area contributed by atoms with Gasteiger partial charge in [-0.3, -0.25) is 14.5 Å². The zero-order chi connectivity index (χ0) is 22.4. The highest BCUT2D eigenvalue weighted by molar-refractivity contribution is 6.06. The Hall–Kier alpha value is -2.58. The van der Waals surface area contributed by atoms with Crippen molar-refractivity contribution in [3.8, 4) is 17.2 Å². The molecule has 0 spiro atoms. The van der Waals surface area contributed by atoms with Crippen molar-refractivity contribution in [1.82, 2.24) is 4.90 Å². The van der Waals surface area contributed by atoms with Gasteiger partial charge in [0.05, 0.1) is 20.3 Å². The molecule has 8 nitrogen and oxygen atoms in total. The number of nitrogens with zero attached hydrogens (tertiary/aromatic N) is 1. The van der Waals surface area contributed by atoms with Crippen LogP contribution in [-0.4, -0.2) is 74.9 Å². The van der Waals surface area contributed by atoms with E-state index in [1.54, 1.807) is 0 Å². The van der Waals surface area contributed by atoms with Gasteiger partial charge in [0.1, 0.15) is 29.4 Å². The molecule has 1 aromatic rings. The minimum absolute atomic E-state index is 0.0706. The van der Waals surface area contributed by atoms with Crippen molar-refractivity contribution in [2.24, 2.45) is 0 Å². The van der Waals surface area contributed by atoms with Crippen molar-refractivity contribution in [3.05, 3.63) is 28.3 Å². The second-order valence-corrected chi connectivity index (χ2v) is 7.83. The van der Waals surface area contributed by atoms with E-state index < -0.39 is 0 Å². The number of benzene rings is 1. The third-order valence-corrected chi connectivity index (χ3v) is 5.69. The minimum atomic E-state index is -0.236. The summed E-state index contributed by atoms with van der Waals surface area (Å²) in [5.74, 6) is 0.352. The predicted molar refractivity (Wildman–Crippen MR) is 114 cm³/mol. The minimum Gasteiger partial charge on any atom is -0.507 e. The molecule has 1 saturated heterocycles. The van der Waals surface area contributed by atoms with Crippen LogP contribution < -0.4 is 9.47 Å². The number of hydrogen-bond donors (Lipinski definition) is 1. The van der Waals surface area contributed by atoms with Crippen LogP contribution in [0.1, 0.15) is 41.3 Å². The number of phenolic OH excluding ortho intramolecular Hbond substituents is 1. The largest absolute Gasteiger partial charge is 0.507 e. The number of fused-ring (bicyclic) bond motifs is 1. The maximum Gasteiger partial charge on any atom is 0.306 e. The van der Waals surface area contributed by atoms with E-state index >= 15 is 0 Å². The second-order valence-electron chi connectivity index (χ2n) is 7.83. The summed E-state index contributed by atoms with van der Waals surface area (Å²) in [4.78, 5) is 26.3. The maximum atomic E-state index is 12.1. The Labute approximate surface area is 182 Å². The first kappa shape index (κ1) is 23.1. The summed E-state index contributed by atoms with van der Waals surface area (Å²) in [5, 5.41) is 10.7. The number of morpholine rings is 1. The van der Waals surface area contributed by atoms with Gasteiger partial charge in [0.25, 0.3) is 0 Å². The van der Waals surface area contributed by atoms with Gasteiger partial charge in [0.15, 0.2) is 6.61 Å². The first-order chi connectivity index (χ1) is 14.9. The Bertz CT molecular complexity index is 856. The Balaban J connectivity index is 1.53. The lowest BCUT2D eigenvalue weighted by Crippen LogP contribution is -2.38. The number of carbonyl (C=O) groups excluding carboxylic acids is 2. The van der Waals surface area contributed by atoms with Crippen molar-refractivity contribution in [3.63, 3.8) is 0 Å². The molecule has 31 heavy (non-hydrogen) atoms. The van der Waals surface area contributed by atoms with E-state index in [9.17, 15) is 14.7 Å². The summed E-state index contributed by atoms with van der Waals surface area (Å²) in [6.45, 7) is 7.97. The molecular formula is C23H31NO7. The van der Waals surface area contributed by atoms with Gasteiger partial charge in [-0.1, -0.05) is 11.6 Å². The lowest BCUT2D eigenvalue weighted by atomic mass is 9.97. The van der Waals surface area contributed by atoms with Crippen LogP contribution in [0.15, 0.2) is 11.6 Å². The lowest BCUT2D eigenvalue weighted by Gasteiger charge is -2.26. The van der Waals surface area contributed by atoms with E-state index in [1.807, 2.05) is 19.9 Å². The molecule has 0 saturated carbocycles. The van der Waals surface area contributed by atoms with E-state index in [0.29, 0.717) is 48.5 Å². The molecule has 0 amide bonds. The summed E-state index contributed by atoms with van der Waals surface area (Å²) in [5.41, 5.74) is 2.46. The van der Waals surface area contributed by atoms with Crippen molar-refractivity contribution in [2.45, 2.75) is 33.1 Å². The number of phenols is 1. The van der Waals surface area contributed by atoms with Crippen LogP contribution in [-0.2, 0) is 20.7 Å². The summed E-state index contributed by atoms with van der Waals surface area (Å²) in [6, 6.07) is 0. The third kappa shape index (κ3) is 5.57. The number of ketones is 1. The molecule has 1 N–H and O–H groups in total. The number of Topliss-reactive ketones (excluding diaryl/α,β-unsaturated/α-hetero) is 1. The highest BCUT2D eigenvalue weighted by Crippen LogP contribution is 2.45. The summed E-state index contributed by atoms with van der Waals surface area (Å²) in [6.07, 6.45) is 3.18. The molecule has 0 aliphatic carbocycles. The van der Waals surface area contributed by atoms with Crippen LogP contribution in [0.2, 0.25) is 0 Å². The van der Waals surface area contributed by atoms with Crippen molar-refractivity contribution in [2.75, 3.05) is 53.2 Å². The third-order valence-electron chi connectivity index (χ3n) is 5.69. The Morgan fingerprint density at radius 2 is 2.00 bits per heavy atom. The molecule has 1 fully saturated rings. The molecule has 2 aliphatic rings. The fraction of sp³-hybridized carbons (Fsp3) is 0.565. The Kier molecular flexibility index (Phi) is 7.92. The molecule has 1 aromatic carbocycles. The summed E-state index contributed by atoms with van der Waals surface area (Å²) < 4.78 is 21.5. The molecule has 8 heteroatoms. The van der Waals surface area contributed by atoms with Crippen LogP contribution in [0.5, 0.6) is 17.2 Å². The number of allylic oxidation sites excluding steroid dienone is 2. The number of aromatic hydroxyl groups is 1. The Morgan fingerprint density at radius 3 is 2.71 bits per heavy atom. The molecule has 2 heterocycles. The molecule has 0 radical (unpaired) electrons. The average Bonchev–Trinajstić information content (AvgIpc) is 3.16. The molecule has 0 unspecified atom stereocenters. The molecule has 2 aliphatic heterocycles. The predicted octanol–water partition coefficient (Wildman–Crippen LogP) is 2.43. The van der Waals surface area contributed by atoms with Gasteiger partial charge >= 0.3 is 5.97 Å². The molecule has 170 valence electrons. The van der Waals surface area contributed by atoms with E-state index in [1.165, 1.54) is 7.11 Å². The van der Waals surface area contributed by atoms with Crippen LogP contribution in [0.4, 0.5) is 0 Å². The number of hydrogen-bond acceptors (Lipinski definition) is 8. The SMILES string of the molecule is COc1c(C)c2c(c(O)c1C/C=C(\C)CCC(=O)OCCN1CCOCC1)C(=O)CO2. The normalized spacial score (nSPS) is 16.7. The maximum absolute atomic E-state index is 12.1. The van der Waals surface area contributed by atoms with Gasteiger partial charge in [-0.25, -0.2) is 0 Å². The van der Waals surface area contributed by atoms with E-state index in [4.69, 9.17) is 18.9 Å². The van der Waals surface area contributed by atoms with Gasteiger partial charge < -0.3 is 24.1 Å². The van der Waals surface area contributed by atoms with Gasteiger partial charge in [0.2, 0.25) is 5.78 Å². The van der Waals surface area contributed by atoms with Crippen LogP contribution in [0, 0.1) is 6.92 Å². The van der Waals surface area contributed by atoms with Gasteiger partial charge in [-0.15, -0.1) is 0 Å². The number of methoxy groups -OCH3 is 1. The van der Waals surface area contributed by atoms with Crippen molar-refractivity contribution < 1.29 is 33.6 Å². The van der Waals surface area contributed by atoms with Gasteiger partial charge in [0, 0.05) is 37.2 Å². The first-order valence-electron chi connectivity index (χ1n) is 10.6. The van der Waals surface area contributed by atoms with E-state index in [0.717, 1.165) is 38.4 Å². The quantitative estimate of drug-likeness (QED) is 0.469. The van der Waals surface area contributed by atoms with Crippen molar-refractivity contribution >= 4 is 11.8 Å². The Morgan fingerprint density at radius 1 is 1.26 bits per heavy atom. The van der Waals surface area contributed by atoms with Crippen LogP contribution in [0.25, 0.3) is 0 Å². The van der Waals surface area contributed by atoms with Gasteiger partial charge in [-0.2, -0.15) is 0 Å². The zero-order valence-corrected chi connectivity index (χ0v) is 18.5. The highest BCUT2D eigenvalue weighted by Gasteiger charge is 2.32. The van der Waals surface area contributed by atoms with E-state index in [2.05, 4.69) is 4.90 Å². The molecule has 0 bridgehead atoms. The average molecular weight is 434 g/mol. The fourth-order valence-corrected chi connectivity index (χ4v) is 3.86. The lowest BCUT2D eigenvalue weighted by molar-refractivity contribution is -0.144. The molecular weight excluding hydrogens is 402 g/mol. The van der Waals surface area contributed by atoms with Crippen LogP contribution >= 0.6 is 0 Å². The zero-order valence-electron chi connectivity index (χ0n) is 18.5. The topological polar surface area (TPSA) is 94.5 Å². The summed E-state index contributed by atoms with van der Waals surface area (Å²) >= 11 is 0. The highest BCUT2D eigenvalue weighted by atomic mass is 16.5. The second kappa shape index (κ2) is 10.6. The van der Waals surface area contributed by atoms with Gasteiger partial charge in [-0.05, 0) is 26.7 Å². The monoisotopic (exact) mass is 433 g/mol. The number of rotatable bonds is 9. The standard InChI is InChI=1S/C23H31NO7/c1-15(5-7-19(26)30-13-10-24-8-11-29-12-9-24)4-6-17-21(27)20-18(25)14-31-23(20)16(2)22(17)28-3/h4,27H,5-14H2,1-3H3/b15-4+. The van der Waals surface area contributed by atoms with Crippen LogP contribution in [0.3, 0.4) is 0 Å². The van der Waals surface area contributed by atoms with Crippen molar-refractivity contribution in [1.29, 1.82) is 0 Å². The van der Waals surface area contributed by atoms with E-state index in [-0.39, 0.29) is 29.7 Å². The number of ether oxygens (including phenoxy) is 4. The molecule has 0 atom stereocenters. The molecule has 0 aromatic heterocycles. The smallest absolute Gasteiger partial charge is 0.306 e.